The molecule has 0 aromatic carbocycles. The topological polar surface area (TPSA) is 147 Å². The number of nitrogens with two attached hydrogens (primary N) is 1. The molecule has 2 fully saturated rings. The van der Waals surface area contributed by atoms with Crippen LogP contribution in [0.15, 0.2) is 35.4 Å². The summed E-state index contributed by atoms with van der Waals surface area (Å²) in [5, 5.41) is 21.3. The van der Waals surface area contributed by atoms with Crippen molar-refractivity contribution < 1.29 is 19.7 Å². The zero-order valence-electron chi connectivity index (χ0n) is 15.8. The van der Waals surface area contributed by atoms with E-state index in [1.807, 2.05) is 11.0 Å². The zero-order chi connectivity index (χ0) is 21.4. The third-order valence-electron chi connectivity index (χ3n) is 5.23. The van der Waals surface area contributed by atoms with Gasteiger partial charge in [-0.1, -0.05) is 11.6 Å². The van der Waals surface area contributed by atoms with Crippen molar-refractivity contribution in [3.8, 4) is 0 Å². The van der Waals surface area contributed by atoms with Crippen LogP contribution in [-0.2, 0) is 9.53 Å². The molecule has 11 nitrogen and oxygen atoms in total. The molecule has 2 aromatic rings. The molecule has 0 radical (unpaired) electrons. The summed E-state index contributed by atoms with van der Waals surface area (Å²) < 4.78 is 6.58. The number of rotatable bonds is 3. The van der Waals surface area contributed by atoms with E-state index >= 15 is 0 Å². The summed E-state index contributed by atoms with van der Waals surface area (Å²) in [4.78, 5) is 36.4. The van der Waals surface area contributed by atoms with E-state index < -0.39 is 36.1 Å². The molecule has 0 bridgehead atoms. The Kier molecular flexibility index (Phi) is 5.60. The van der Waals surface area contributed by atoms with Crippen LogP contribution in [0.5, 0.6) is 0 Å². The number of carbonyl (C=O) groups excluding carboxylic acids is 1. The van der Waals surface area contributed by atoms with Gasteiger partial charge in [0.15, 0.2) is 12.3 Å². The number of aromatic nitrogens is 3. The van der Waals surface area contributed by atoms with E-state index in [4.69, 9.17) is 22.1 Å². The highest BCUT2D eigenvalue weighted by atomic mass is 35.5. The molecule has 2 aliphatic heterocycles. The summed E-state index contributed by atoms with van der Waals surface area (Å²) in [6.07, 6.45) is -2.63. The van der Waals surface area contributed by atoms with E-state index in [0.717, 1.165) is 10.4 Å². The normalized spacial score (nSPS) is 26.8. The summed E-state index contributed by atoms with van der Waals surface area (Å²) in [6, 6.07) is 4.92. The third kappa shape index (κ3) is 3.84. The average molecular weight is 437 g/mol. The molecule has 4 heterocycles. The van der Waals surface area contributed by atoms with Crippen molar-refractivity contribution >= 4 is 29.1 Å². The van der Waals surface area contributed by atoms with Crippen molar-refractivity contribution in [1.82, 2.24) is 19.4 Å². The summed E-state index contributed by atoms with van der Waals surface area (Å²) in [6.45, 7) is 1.85. The number of piperazine rings is 1. The molecule has 4 atom stereocenters. The highest BCUT2D eigenvalue weighted by molar-refractivity contribution is 6.30. The molecule has 2 aromatic heterocycles. The van der Waals surface area contributed by atoms with Crippen LogP contribution < -0.4 is 16.3 Å². The fourth-order valence-corrected chi connectivity index (χ4v) is 3.72. The number of ether oxygens (including phenoxy) is 1. The van der Waals surface area contributed by atoms with E-state index in [2.05, 4.69) is 9.97 Å². The molecule has 4 rings (SSSR count). The highest BCUT2D eigenvalue weighted by Gasteiger charge is 2.49. The second kappa shape index (κ2) is 8.19. The molecule has 1 amide bonds. The molecule has 160 valence electrons. The molecule has 0 aliphatic carbocycles. The van der Waals surface area contributed by atoms with Crippen LogP contribution in [0.25, 0.3) is 0 Å². The Hall–Kier alpha value is -2.73. The van der Waals surface area contributed by atoms with Crippen LogP contribution in [0, 0.1) is 0 Å². The number of halogens is 1. The van der Waals surface area contributed by atoms with Crippen LogP contribution in [0.4, 0.5) is 11.6 Å². The van der Waals surface area contributed by atoms with Crippen LogP contribution in [0.3, 0.4) is 0 Å². The van der Waals surface area contributed by atoms with Gasteiger partial charge in [0.25, 0.3) is 5.91 Å². The lowest BCUT2D eigenvalue weighted by Gasteiger charge is -2.36. The van der Waals surface area contributed by atoms with Gasteiger partial charge in [-0.3, -0.25) is 9.36 Å². The number of amides is 1. The van der Waals surface area contributed by atoms with E-state index in [1.54, 1.807) is 17.2 Å². The molecular weight excluding hydrogens is 416 g/mol. The number of anilines is 2. The monoisotopic (exact) mass is 436 g/mol. The Morgan fingerprint density at radius 2 is 1.90 bits per heavy atom. The molecule has 12 heteroatoms. The Bertz CT molecular complexity index is 978. The van der Waals surface area contributed by atoms with E-state index in [9.17, 15) is 19.8 Å². The van der Waals surface area contributed by atoms with Gasteiger partial charge in [-0.25, -0.2) is 9.78 Å². The molecule has 0 unspecified atom stereocenters. The second-order valence-electron chi connectivity index (χ2n) is 7.12. The van der Waals surface area contributed by atoms with Gasteiger partial charge >= 0.3 is 5.69 Å². The molecule has 2 aliphatic rings. The predicted octanol–water partition coefficient (Wildman–Crippen LogP) is -1.16. The van der Waals surface area contributed by atoms with E-state index in [1.165, 1.54) is 12.3 Å². The number of hydrogen-bond acceptors (Lipinski definition) is 9. The van der Waals surface area contributed by atoms with Gasteiger partial charge < -0.3 is 30.5 Å². The van der Waals surface area contributed by atoms with Crippen molar-refractivity contribution in [2.45, 2.75) is 24.5 Å². The SMILES string of the molecule is Nc1ccn([C@@H]2O[C@H](C(=O)N3CCN(c4ccc(Cl)cn4)CC3)[C@@H](O)[C@H]2O)c(=O)n1. The maximum Gasteiger partial charge on any atom is 0.351 e. The van der Waals surface area contributed by atoms with Gasteiger partial charge in [0.2, 0.25) is 0 Å². The first kappa shape index (κ1) is 20.5. The van der Waals surface area contributed by atoms with Crippen molar-refractivity contribution in [3.63, 3.8) is 0 Å². The number of nitrogens with zero attached hydrogens (tertiary/aromatic N) is 5. The van der Waals surface area contributed by atoms with Gasteiger partial charge in [0.05, 0.1) is 5.02 Å². The Labute approximate surface area is 176 Å². The molecular formula is C18H21ClN6O5. The predicted molar refractivity (Wildman–Crippen MR) is 107 cm³/mol. The van der Waals surface area contributed by atoms with Crippen molar-refractivity contribution in [2.24, 2.45) is 0 Å². The summed E-state index contributed by atoms with van der Waals surface area (Å²) in [5.74, 6) is 0.323. The quantitative estimate of drug-likeness (QED) is 0.542. The van der Waals surface area contributed by atoms with E-state index in [-0.39, 0.29) is 5.82 Å². The van der Waals surface area contributed by atoms with Crippen LogP contribution in [0.2, 0.25) is 5.02 Å². The van der Waals surface area contributed by atoms with Crippen LogP contribution in [-0.4, -0.2) is 80.0 Å². The second-order valence-corrected chi connectivity index (χ2v) is 7.55. The minimum atomic E-state index is -1.48. The van der Waals surface area contributed by atoms with E-state index in [0.29, 0.717) is 31.2 Å². The van der Waals surface area contributed by atoms with Gasteiger partial charge in [-0.15, -0.1) is 0 Å². The molecule has 2 saturated heterocycles. The first-order valence-electron chi connectivity index (χ1n) is 9.36. The maximum absolute atomic E-state index is 12.9. The number of aliphatic hydroxyl groups is 2. The van der Waals surface area contributed by atoms with Gasteiger partial charge in [-0.05, 0) is 18.2 Å². The lowest BCUT2D eigenvalue weighted by atomic mass is 10.1. The molecule has 4 N–H and O–H groups in total. The van der Waals surface area contributed by atoms with Crippen molar-refractivity contribution in [2.75, 3.05) is 36.8 Å². The van der Waals surface area contributed by atoms with Gasteiger partial charge in [0.1, 0.15) is 23.8 Å². The van der Waals surface area contributed by atoms with Crippen molar-refractivity contribution in [1.29, 1.82) is 0 Å². The largest absolute Gasteiger partial charge is 0.387 e. The minimum Gasteiger partial charge on any atom is -0.387 e. The summed E-state index contributed by atoms with van der Waals surface area (Å²) in [5.41, 5.74) is 4.72. The number of aliphatic hydroxyl groups excluding tert-OH is 2. The lowest BCUT2D eigenvalue weighted by molar-refractivity contribution is -0.149. The van der Waals surface area contributed by atoms with Crippen LogP contribution in [0.1, 0.15) is 6.23 Å². The lowest BCUT2D eigenvalue weighted by Crippen LogP contribution is -2.53. The number of nitrogen functional groups attached to an aromatic ring is 1. The fraction of sp³-hybridized carbons (Fsp3) is 0.444. The Morgan fingerprint density at radius 1 is 1.17 bits per heavy atom. The Morgan fingerprint density at radius 3 is 2.53 bits per heavy atom. The number of carbonyl (C=O) groups is 1. The first-order chi connectivity index (χ1) is 14.3. The minimum absolute atomic E-state index is 0.0185. The fourth-order valence-electron chi connectivity index (χ4n) is 3.60. The van der Waals surface area contributed by atoms with Gasteiger partial charge in [-0.2, -0.15) is 4.98 Å². The average Bonchev–Trinajstić information content (AvgIpc) is 3.03. The number of hydrogen-bond donors (Lipinski definition) is 3. The molecule has 0 saturated carbocycles. The Balaban J connectivity index is 1.42. The standard InChI is InChI=1S/C18H21ClN6O5/c19-10-1-2-12(21-9-10)23-5-7-24(8-6-23)16(28)15-13(26)14(27)17(30-15)25-4-3-11(20)22-18(25)29/h1-4,9,13-15,17,26-27H,5-8H2,(H2,20,22,29)/t13-,14+,15-,17+/m0/s1. The summed E-state index contributed by atoms with van der Waals surface area (Å²) in [7, 11) is 0. The summed E-state index contributed by atoms with van der Waals surface area (Å²) >= 11 is 5.86. The molecule has 30 heavy (non-hydrogen) atoms. The first-order valence-corrected chi connectivity index (χ1v) is 9.74. The maximum atomic E-state index is 12.9. The zero-order valence-corrected chi connectivity index (χ0v) is 16.6. The highest BCUT2D eigenvalue weighted by Crippen LogP contribution is 2.30. The number of pyridine rings is 1. The van der Waals surface area contributed by atoms with Crippen LogP contribution >= 0.6 is 11.6 Å². The third-order valence-corrected chi connectivity index (χ3v) is 5.46. The smallest absolute Gasteiger partial charge is 0.351 e. The van der Waals surface area contributed by atoms with Crippen molar-refractivity contribution in [3.05, 3.63) is 46.1 Å². The molecule has 0 spiro atoms. The van der Waals surface area contributed by atoms with Gasteiger partial charge in [0, 0.05) is 38.6 Å².